The van der Waals surface area contributed by atoms with E-state index in [4.69, 9.17) is 16.3 Å². The molecule has 0 spiro atoms. The number of carbonyl (C=O) groups excluding carboxylic acids is 3. The number of fused-ring (bicyclic) bond motifs is 1. The fraction of sp³-hybridized carbons (Fsp3) is 0.261. The van der Waals surface area contributed by atoms with Gasteiger partial charge in [-0.3, -0.25) is 9.59 Å². The highest BCUT2D eigenvalue weighted by atomic mass is 35.5. The molecule has 1 fully saturated rings. The Bertz CT molecular complexity index is 1130. The van der Waals surface area contributed by atoms with E-state index in [0.29, 0.717) is 17.7 Å². The van der Waals surface area contributed by atoms with Crippen LogP contribution < -0.4 is 4.74 Å². The van der Waals surface area contributed by atoms with Gasteiger partial charge in [-0.05, 0) is 42.1 Å². The number of aromatic nitrogens is 1. The summed E-state index contributed by atoms with van der Waals surface area (Å²) in [6.45, 7) is 0.230. The van der Waals surface area contributed by atoms with Crippen LogP contribution in [-0.2, 0) is 20.9 Å². The van der Waals surface area contributed by atoms with E-state index < -0.39 is 17.0 Å². The van der Waals surface area contributed by atoms with Crippen LogP contribution in [0.3, 0.4) is 0 Å². The van der Waals surface area contributed by atoms with Gasteiger partial charge in [0, 0.05) is 18.2 Å². The van der Waals surface area contributed by atoms with Crippen molar-refractivity contribution < 1.29 is 23.9 Å². The predicted octanol–water partition coefficient (Wildman–Crippen LogP) is 4.07. The number of carbonyl (C=O) groups is 3. The third-order valence-corrected chi connectivity index (χ3v) is 5.39. The van der Waals surface area contributed by atoms with E-state index in [0.717, 1.165) is 29.6 Å². The zero-order valence-corrected chi connectivity index (χ0v) is 17.1. The van der Waals surface area contributed by atoms with Crippen LogP contribution >= 0.6 is 11.6 Å². The standard InChI is InChI=1S/C23H20ClNO5/c1-29-18(26)13-30-17-9-5-8-16-19(17)20(22(27)23(24)28)21(15-10-11-15)25(16)12-14-6-3-2-4-7-14/h2-9,15H,10-13H2,1H3. The predicted molar refractivity (Wildman–Crippen MR) is 112 cm³/mol. The van der Waals surface area contributed by atoms with Crippen molar-refractivity contribution in [2.24, 2.45) is 0 Å². The van der Waals surface area contributed by atoms with E-state index in [1.54, 1.807) is 12.1 Å². The molecule has 3 aromatic rings. The van der Waals surface area contributed by atoms with Crippen LogP contribution in [0.15, 0.2) is 48.5 Å². The van der Waals surface area contributed by atoms with Gasteiger partial charge >= 0.3 is 5.97 Å². The molecule has 0 saturated heterocycles. The quantitative estimate of drug-likeness (QED) is 0.235. The molecule has 4 rings (SSSR count). The lowest BCUT2D eigenvalue weighted by molar-refractivity contribution is -0.142. The van der Waals surface area contributed by atoms with Gasteiger partial charge in [0.1, 0.15) is 5.75 Å². The fourth-order valence-electron chi connectivity index (χ4n) is 3.75. The molecule has 0 atom stereocenters. The van der Waals surface area contributed by atoms with E-state index in [-0.39, 0.29) is 18.1 Å². The first-order chi connectivity index (χ1) is 14.5. The maximum Gasteiger partial charge on any atom is 0.343 e. The fourth-order valence-corrected chi connectivity index (χ4v) is 3.84. The molecule has 0 bridgehead atoms. The number of hydrogen-bond donors (Lipinski definition) is 0. The van der Waals surface area contributed by atoms with Crippen LogP contribution in [0, 0.1) is 0 Å². The molecule has 1 saturated carbocycles. The summed E-state index contributed by atoms with van der Waals surface area (Å²) in [5.41, 5.74) is 2.88. The first-order valence-electron chi connectivity index (χ1n) is 9.64. The summed E-state index contributed by atoms with van der Waals surface area (Å²) in [5, 5.41) is -0.545. The second-order valence-electron chi connectivity index (χ2n) is 7.22. The van der Waals surface area contributed by atoms with E-state index in [9.17, 15) is 14.4 Å². The Balaban J connectivity index is 1.93. The molecule has 1 heterocycles. The highest BCUT2D eigenvalue weighted by Gasteiger charge is 2.36. The third-order valence-electron chi connectivity index (χ3n) is 5.22. The first kappa shape index (κ1) is 20.2. The van der Waals surface area contributed by atoms with Crippen molar-refractivity contribution in [1.82, 2.24) is 4.57 Å². The van der Waals surface area contributed by atoms with Crippen LogP contribution in [-0.4, -0.2) is 35.3 Å². The number of hydrogen-bond acceptors (Lipinski definition) is 5. The number of esters is 1. The monoisotopic (exact) mass is 425 g/mol. The summed E-state index contributed by atoms with van der Waals surface area (Å²) < 4.78 is 12.4. The average molecular weight is 426 g/mol. The summed E-state index contributed by atoms with van der Waals surface area (Å²) >= 11 is 5.62. The summed E-state index contributed by atoms with van der Waals surface area (Å²) in [6, 6.07) is 15.2. The second-order valence-corrected chi connectivity index (χ2v) is 7.57. The zero-order valence-electron chi connectivity index (χ0n) is 16.4. The molecule has 0 N–H and O–H groups in total. The van der Waals surface area contributed by atoms with Crippen molar-refractivity contribution in [3.05, 3.63) is 65.4 Å². The Morgan fingerprint density at radius 3 is 2.43 bits per heavy atom. The molecule has 1 aliphatic rings. The van der Waals surface area contributed by atoms with Crippen molar-refractivity contribution in [3.8, 4) is 5.75 Å². The molecule has 0 unspecified atom stereocenters. The Kier molecular flexibility index (Phi) is 5.59. The van der Waals surface area contributed by atoms with Crippen LogP contribution in [0.5, 0.6) is 5.75 Å². The van der Waals surface area contributed by atoms with E-state index in [2.05, 4.69) is 9.30 Å². The third kappa shape index (κ3) is 3.83. The van der Waals surface area contributed by atoms with Gasteiger partial charge in [-0.2, -0.15) is 0 Å². The number of Topliss-reactive ketones (excluding diaryl/α,β-unsaturated/α-hetero) is 1. The smallest absolute Gasteiger partial charge is 0.343 e. The maximum atomic E-state index is 12.9. The largest absolute Gasteiger partial charge is 0.481 e. The Morgan fingerprint density at radius 2 is 1.80 bits per heavy atom. The minimum atomic E-state index is -1.04. The summed E-state index contributed by atoms with van der Waals surface area (Å²) in [7, 11) is 1.27. The van der Waals surface area contributed by atoms with Crippen molar-refractivity contribution in [2.75, 3.05) is 13.7 Å². The van der Waals surface area contributed by atoms with E-state index in [1.165, 1.54) is 7.11 Å². The Labute approximate surface area is 178 Å². The molecule has 1 aliphatic carbocycles. The Hall–Kier alpha value is -3.12. The van der Waals surface area contributed by atoms with Crippen molar-refractivity contribution >= 4 is 39.5 Å². The zero-order chi connectivity index (χ0) is 21.3. The van der Waals surface area contributed by atoms with Gasteiger partial charge in [0.25, 0.3) is 5.24 Å². The van der Waals surface area contributed by atoms with Crippen molar-refractivity contribution in [3.63, 3.8) is 0 Å². The number of benzene rings is 2. The molecule has 30 heavy (non-hydrogen) atoms. The second kappa shape index (κ2) is 8.32. The molecule has 2 aromatic carbocycles. The molecule has 0 aliphatic heterocycles. The number of methoxy groups -OCH3 is 1. The van der Waals surface area contributed by atoms with Gasteiger partial charge in [0.2, 0.25) is 5.78 Å². The summed E-state index contributed by atoms with van der Waals surface area (Å²) in [5.74, 6) is -0.790. The lowest BCUT2D eigenvalue weighted by Gasteiger charge is -2.11. The number of ketones is 1. The lowest BCUT2D eigenvalue weighted by atomic mass is 10.0. The Morgan fingerprint density at radius 1 is 1.07 bits per heavy atom. The molecule has 7 heteroatoms. The summed E-state index contributed by atoms with van der Waals surface area (Å²) in [6.07, 6.45) is 1.86. The SMILES string of the molecule is COC(=O)COc1cccc2c1c(C(=O)C(=O)Cl)c(C1CC1)n2Cc1ccccc1. The summed E-state index contributed by atoms with van der Waals surface area (Å²) in [4.78, 5) is 36.3. The number of ether oxygens (including phenoxy) is 2. The van der Waals surface area contributed by atoms with Gasteiger partial charge in [-0.25, -0.2) is 4.79 Å². The molecule has 0 radical (unpaired) electrons. The minimum absolute atomic E-state index is 0.171. The topological polar surface area (TPSA) is 74.6 Å². The van der Waals surface area contributed by atoms with Crippen LogP contribution in [0.25, 0.3) is 10.9 Å². The molecule has 1 aromatic heterocycles. The maximum absolute atomic E-state index is 12.9. The van der Waals surface area contributed by atoms with E-state index >= 15 is 0 Å². The van der Waals surface area contributed by atoms with Crippen molar-refractivity contribution in [2.45, 2.75) is 25.3 Å². The highest BCUT2D eigenvalue weighted by Crippen LogP contribution is 2.47. The molecular weight excluding hydrogens is 406 g/mol. The highest BCUT2D eigenvalue weighted by molar-refractivity contribution is 6.83. The van der Waals surface area contributed by atoms with E-state index in [1.807, 2.05) is 36.4 Å². The average Bonchev–Trinajstić information content (AvgIpc) is 3.55. The molecule has 154 valence electrons. The van der Waals surface area contributed by atoms with Gasteiger partial charge in [-0.1, -0.05) is 36.4 Å². The van der Waals surface area contributed by atoms with Gasteiger partial charge in [-0.15, -0.1) is 0 Å². The van der Waals surface area contributed by atoms with Crippen LogP contribution in [0.1, 0.15) is 40.4 Å². The van der Waals surface area contributed by atoms with Crippen LogP contribution in [0.2, 0.25) is 0 Å². The lowest BCUT2D eigenvalue weighted by Crippen LogP contribution is -2.14. The number of halogens is 1. The minimum Gasteiger partial charge on any atom is -0.481 e. The molecule has 6 nitrogen and oxygen atoms in total. The van der Waals surface area contributed by atoms with Crippen LogP contribution in [0.4, 0.5) is 0 Å². The van der Waals surface area contributed by atoms with Gasteiger partial charge in [0.05, 0.1) is 23.6 Å². The first-order valence-corrected chi connectivity index (χ1v) is 10.0. The van der Waals surface area contributed by atoms with Gasteiger partial charge in [0.15, 0.2) is 6.61 Å². The normalized spacial score (nSPS) is 13.3. The number of rotatable bonds is 8. The molecule has 0 amide bonds. The van der Waals surface area contributed by atoms with Crippen molar-refractivity contribution in [1.29, 1.82) is 0 Å². The molecular formula is C23H20ClNO5. The van der Waals surface area contributed by atoms with Gasteiger partial charge < -0.3 is 14.0 Å². The number of nitrogens with zero attached hydrogens (tertiary/aromatic N) is 1.